The molecule has 0 aromatic carbocycles. The van der Waals surface area contributed by atoms with Crippen LogP contribution in [0.4, 0.5) is 0 Å². The van der Waals surface area contributed by atoms with Crippen LogP contribution >= 0.6 is 0 Å². The van der Waals surface area contributed by atoms with Crippen LogP contribution in [-0.2, 0) is 9.68 Å². The van der Waals surface area contributed by atoms with Gasteiger partial charge in [-0.1, -0.05) is 75.8 Å². The lowest BCUT2D eigenvalue weighted by molar-refractivity contribution is -0.267. The fourth-order valence-corrected chi connectivity index (χ4v) is 3.61. The molecule has 4 heteroatoms. The molecule has 29 heavy (non-hydrogen) atoms. The Hall–Kier alpha value is -1.39. The molecule has 0 aliphatic carbocycles. The molecule has 0 aromatic heterocycles. The van der Waals surface area contributed by atoms with Gasteiger partial charge >= 0.3 is 0 Å². The number of hydrogen-bond acceptors (Lipinski definition) is 3. The van der Waals surface area contributed by atoms with Crippen molar-refractivity contribution >= 4 is 5.91 Å². The summed E-state index contributed by atoms with van der Waals surface area (Å²) in [6, 6.07) is 0. The summed E-state index contributed by atoms with van der Waals surface area (Å²) in [5.74, 6) is 0.148. The van der Waals surface area contributed by atoms with Gasteiger partial charge in [-0.25, -0.2) is 4.89 Å². The molecule has 1 N–H and O–H groups in total. The predicted octanol–water partition coefficient (Wildman–Crippen LogP) is 6.84. The second-order valence-electron chi connectivity index (χ2n) is 8.09. The highest BCUT2D eigenvalue weighted by atomic mass is 17.1. The summed E-state index contributed by atoms with van der Waals surface area (Å²) in [7, 11) is 0. The maximum atomic E-state index is 12.0. The first-order valence-corrected chi connectivity index (χ1v) is 11.9. The molecule has 4 nitrogen and oxygen atoms in total. The molecule has 1 saturated heterocycles. The number of rotatable bonds is 16. The molecule has 1 fully saturated rings. The Kier molecular flexibility index (Phi) is 16.5. The maximum Gasteiger partial charge on any atom is 0.246 e. The monoisotopic (exact) mass is 405 g/mol. The number of likely N-dealkylation sites (tertiary alicyclic amines) is 1. The van der Waals surface area contributed by atoms with Crippen LogP contribution in [0.5, 0.6) is 0 Å². The largest absolute Gasteiger partial charge is 0.339 e. The maximum absolute atomic E-state index is 12.0. The average Bonchev–Trinajstić information content (AvgIpc) is 2.76. The number of piperidine rings is 1. The first-order valence-electron chi connectivity index (χ1n) is 11.9. The predicted molar refractivity (Wildman–Crippen MR) is 122 cm³/mol. The van der Waals surface area contributed by atoms with Gasteiger partial charge in [-0.2, -0.15) is 0 Å². The average molecular weight is 406 g/mol. The zero-order valence-corrected chi connectivity index (χ0v) is 18.6. The molecule has 1 rings (SSSR count). The van der Waals surface area contributed by atoms with Crippen LogP contribution in [0.25, 0.3) is 0 Å². The molecule has 166 valence electrons. The van der Waals surface area contributed by atoms with Crippen LogP contribution < -0.4 is 0 Å². The first-order chi connectivity index (χ1) is 14.3. The van der Waals surface area contributed by atoms with E-state index in [9.17, 15) is 4.79 Å². The third kappa shape index (κ3) is 14.3. The molecule has 1 aliphatic heterocycles. The van der Waals surface area contributed by atoms with Gasteiger partial charge in [-0.3, -0.25) is 10.1 Å². The minimum absolute atomic E-state index is 0.148. The van der Waals surface area contributed by atoms with Crippen molar-refractivity contribution in [1.29, 1.82) is 0 Å². The Morgan fingerprint density at radius 3 is 2.38 bits per heavy atom. The van der Waals surface area contributed by atoms with E-state index in [1.54, 1.807) is 6.08 Å². The van der Waals surface area contributed by atoms with E-state index in [2.05, 4.69) is 24.0 Å². The molecule has 0 aromatic rings. The van der Waals surface area contributed by atoms with E-state index in [-0.39, 0.29) is 12.0 Å². The number of carbonyl (C=O) groups excluding carboxylic acids is 1. The topological polar surface area (TPSA) is 49.8 Å². The Morgan fingerprint density at radius 1 is 0.931 bits per heavy atom. The number of nitrogens with zero attached hydrogens (tertiary/aromatic N) is 1. The van der Waals surface area contributed by atoms with Gasteiger partial charge in [-0.05, 0) is 51.4 Å². The summed E-state index contributed by atoms with van der Waals surface area (Å²) in [5, 5.41) is 8.99. The van der Waals surface area contributed by atoms with Crippen molar-refractivity contribution in [3.05, 3.63) is 36.5 Å². The molecule has 0 radical (unpaired) electrons. The minimum Gasteiger partial charge on any atom is -0.339 e. The van der Waals surface area contributed by atoms with Gasteiger partial charge in [0.2, 0.25) is 5.91 Å². The van der Waals surface area contributed by atoms with E-state index in [1.807, 2.05) is 23.1 Å². The van der Waals surface area contributed by atoms with Gasteiger partial charge in [0.1, 0.15) is 6.10 Å². The highest BCUT2D eigenvalue weighted by Crippen LogP contribution is 2.12. The lowest BCUT2D eigenvalue weighted by atomic mass is 10.1. The Bertz CT molecular complexity index is 478. The van der Waals surface area contributed by atoms with Crippen LogP contribution in [0.2, 0.25) is 0 Å². The van der Waals surface area contributed by atoms with Crippen molar-refractivity contribution in [3.63, 3.8) is 0 Å². The highest BCUT2D eigenvalue weighted by molar-refractivity contribution is 5.87. The fraction of sp³-hybridized carbons (Fsp3) is 0.720. The zero-order chi connectivity index (χ0) is 21.0. The summed E-state index contributed by atoms with van der Waals surface area (Å²) in [4.78, 5) is 18.5. The quantitative estimate of drug-likeness (QED) is 0.0764. The van der Waals surface area contributed by atoms with Gasteiger partial charge in [-0.15, -0.1) is 0 Å². The molecule has 0 saturated carbocycles. The van der Waals surface area contributed by atoms with Gasteiger partial charge < -0.3 is 4.90 Å². The molecule has 0 bridgehead atoms. The number of carbonyl (C=O) groups is 1. The number of amides is 1. The van der Waals surface area contributed by atoms with E-state index < -0.39 is 0 Å². The summed E-state index contributed by atoms with van der Waals surface area (Å²) in [5.41, 5.74) is 0. The van der Waals surface area contributed by atoms with Crippen molar-refractivity contribution in [1.82, 2.24) is 4.90 Å². The van der Waals surface area contributed by atoms with Crippen molar-refractivity contribution < 1.29 is 14.9 Å². The standard InChI is InChI=1S/C25H43NO3/c1-2-3-4-10-14-19-24(29-28)20-15-11-8-6-5-7-9-12-16-21-25(27)26-22-17-13-18-23-26/h9,12,14,16,19,21,24,28H,2-8,10-11,13,15,17-18,20,22-23H2,1H3. The summed E-state index contributed by atoms with van der Waals surface area (Å²) in [6.07, 6.45) is 27.8. The highest BCUT2D eigenvalue weighted by Gasteiger charge is 2.13. The number of unbranched alkanes of at least 4 members (excludes halogenated alkanes) is 8. The van der Waals surface area contributed by atoms with E-state index in [1.165, 1.54) is 51.4 Å². The molecule has 1 atom stereocenters. The summed E-state index contributed by atoms with van der Waals surface area (Å²) < 4.78 is 0. The van der Waals surface area contributed by atoms with Crippen LogP contribution in [0.3, 0.4) is 0 Å². The third-order valence-corrected chi connectivity index (χ3v) is 5.47. The van der Waals surface area contributed by atoms with E-state index in [0.29, 0.717) is 0 Å². The summed E-state index contributed by atoms with van der Waals surface area (Å²) >= 11 is 0. The van der Waals surface area contributed by atoms with Crippen molar-refractivity contribution in [2.24, 2.45) is 0 Å². The number of allylic oxidation sites excluding steroid dienone is 4. The van der Waals surface area contributed by atoms with Crippen LogP contribution in [0.1, 0.15) is 96.8 Å². The molecule has 1 heterocycles. The Balaban J connectivity index is 1.97. The molecule has 1 unspecified atom stereocenters. The van der Waals surface area contributed by atoms with Crippen LogP contribution in [0.15, 0.2) is 36.5 Å². The van der Waals surface area contributed by atoms with Crippen LogP contribution in [0, 0.1) is 0 Å². The molecule has 1 amide bonds. The van der Waals surface area contributed by atoms with E-state index in [4.69, 9.17) is 5.26 Å². The Morgan fingerprint density at radius 2 is 1.62 bits per heavy atom. The van der Waals surface area contributed by atoms with Gasteiger partial charge in [0, 0.05) is 19.2 Å². The Labute approximate surface area is 178 Å². The van der Waals surface area contributed by atoms with E-state index >= 15 is 0 Å². The molecular weight excluding hydrogens is 362 g/mol. The SMILES string of the molecule is CCCCCC=CC(CCCCCCCC=CC=CC(=O)N1CCCCC1)OO. The molecule has 1 aliphatic rings. The fourth-order valence-electron chi connectivity index (χ4n) is 3.61. The molecule has 0 spiro atoms. The normalized spacial score (nSPS) is 16.4. The van der Waals surface area contributed by atoms with Crippen molar-refractivity contribution in [3.8, 4) is 0 Å². The number of hydrogen-bond donors (Lipinski definition) is 1. The van der Waals surface area contributed by atoms with Crippen LogP contribution in [-0.4, -0.2) is 35.3 Å². The second kappa shape index (κ2) is 18.6. The zero-order valence-electron chi connectivity index (χ0n) is 18.6. The first kappa shape index (κ1) is 25.6. The summed E-state index contributed by atoms with van der Waals surface area (Å²) in [6.45, 7) is 4.02. The smallest absolute Gasteiger partial charge is 0.246 e. The van der Waals surface area contributed by atoms with Gasteiger partial charge in [0.25, 0.3) is 0 Å². The van der Waals surface area contributed by atoms with Gasteiger partial charge in [0.15, 0.2) is 0 Å². The second-order valence-corrected chi connectivity index (χ2v) is 8.09. The van der Waals surface area contributed by atoms with E-state index in [0.717, 1.165) is 51.6 Å². The van der Waals surface area contributed by atoms with Crippen molar-refractivity contribution in [2.45, 2.75) is 103 Å². The lowest BCUT2D eigenvalue weighted by Gasteiger charge is -2.25. The van der Waals surface area contributed by atoms with Gasteiger partial charge in [0.05, 0.1) is 0 Å². The third-order valence-electron chi connectivity index (χ3n) is 5.47. The minimum atomic E-state index is -0.154. The lowest BCUT2D eigenvalue weighted by Crippen LogP contribution is -2.34. The molecular formula is C25H43NO3. The van der Waals surface area contributed by atoms with Crippen molar-refractivity contribution in [2.75, 3.05) is 13.1 Å².